The van der Waals surface area contributed by atoms with Crippen molar-refractivity contribution in [2.75, 3.05) is 13.6 Å². The van der Waals surface area contributed by atoms with Crippen molar-refractivity contribution in [2.24, 2.45) is 0 Å². The van der Waals surface area contributed by atoms with Gasteiger partial charge in [0.05, 0.1) is 0 Å². The Balaban J connectivity index is 4.42. The maximum Gasteiger partial charge on any atom is 0.279 e. The average molecular weight is 236 g/mol. The van der Waals surface area contributed by atoms with E-state index in [-0.39, 0.29) is 5.54 Å². The maximum absolute atomic E-state index is 11.8. The Kier molecular flexibility index (Phi) is 5.77. The Bertz CT molecular complexity index is 273. The molecule has 0 saturated heterocycles. The van der Waals surface area contributed by atoms with Crippen LogP contribution in [0.4, 0.5) is 0 Å². The number of nitrogens with zero attached hydrogens (tertiary/aromatic N) is 1. The van der Waals surface area contributed by atoms with Gasteiger partial charge in [-0.25, -0.2) is 0 Å². The minimum atomic E-state index is -3.32. The van der Waals surface area contributed by atoms with Crippen LogP contribution < -0.4 is 4.72 Å². The fourth-order valence-corrected chi connectivity index (χ4v) is 2.37. The van der Waals surface area contributed by atoms with E-state index in [1.807, 2.05) is 27.7 Å². The highest BCUT2D eigenvalue weighted by Gasteiger charge is 2.25. The molecule has 0 unspecified atom stereocenters. The quantitative estimate of drug-likeness (QED) is 0.732. The van der Waals surface area contributed by atoms with Gasteiger partial charge in [0.2, 0.25) is 0 Å². The zero-order valence-corrected chi connectivity index (χ0v) is 11.3. The molecule has 0 heterocycles. The van der Waals surface area contributed by atoms with Crippen LogP contribution in [-0.2, 0) is 10.2 Å². The molecule has 0 aromatic heterocycles. The van der Waals surface area contributed by atoms with Crippen LogP contribution in [0.1, 0.15) is 47.0 Å². The molecule has 0 amide bonds. The van der Waals surface area contributed by atoms with Gasteiger partial charge in [-0.1, -0.05) is 20.3 Å². The summed E-state index contributed by atoms with van der Waals surface area (Å²) in [6, 6.07) is 0. The van der Waals surface area contributed by atoms with Gasteiger partial charge in [-0.15, -0.1) is 0 Å². The molecule has 0 aliphatic rings. The molecule has 0 aromatic rings. The summed E-state index contributed by atoms with van der Waals surface area (Å²) in [5.41, 5.74) is -0.376. The third-order valence-corrected chi connectivity index (χ3v) is 4.34. The molecule has 5 heteroatoms. The first-order valence-electron chi connectivity index (χ1n) is 5.50. The van der Waals surface area contributed by atoms with Crippen LogP contribution in [0.25, 0.3) is 0 Å². The first kappa shape index (κ1) is 14.9. The SMILES string of the molecule is CCCCN(C)S(=O)(=O)NC(C)(C)CC. The minimum Gasteiger partial charge on any atom is -0.197 e. The molecular formula is C10H24N2O2S. The highest BCUT2D eigenvalue weighted by Crippen LogP contribution is 2.10. The smallest absolute Gasteiger partial charge is 0.197 e. The molecule has 0 saturated carbocycles. The van der Waals surface area contributed by atoms with E-state index >= 15 is 0 Å². The van der Waals surface area contributed by atoms with E-state index in [2.05, 4.69) is 4.72 Å². The van der Waals surface area contributed by atoms with Crippen molar-refractivity contribution in [3.8, 4) is 0 Å². The van der Waals surface area contributed by atoms with Gasteiger partial charge in [-0.2, -0.15) is 17.4 Å². The van der Waals surface area contributed by atoms with E-state index in [4.69, 9.17) is 0 Å². The van der Waals surface area contributed by atoms with Gasteiger partial charge in [-0.05, 0) is 26.7 Å². The molecule has 4 nitrogen and oxygen atoms in total. The number of hydrogen-bond donors (Lipinski definition) is 1. The van der Waals surface area contributed by atoms with E-state index in [0.717, 1.165) is 19.3 Å². The third-order valence-electron chi connectivity index (χ3n) is 2.53. The Morgan fingerprint density at radius 1 is 1.27 bits per heavy atom. The number of hydrogen-bond acceptors (Lipinski definition) is 2. The van der Waals surface area contributed by atoms with Crippen molar-refractivity contribution < 1.29 is 8.42 Å². The van der Waals surface area contributed by atoms with Crippen molar-refractivity contribution in [3.63, 3.8) is 0 Å². The molecular weight excluding hydrogens is 212 g/mol. The standard InChI is InChI=1S/C10H24N2O2S/c1-6-8-9-12(5)15(13,14)11-10(3,4)7-2/h11H,6-9H2,1-5H3. The Morgan fingerprint density at radius 2 is 1.80 bits per heavy atom. The highest BCUT2D eigenvalue weighted by atomic mass is 32.2. The molecule has 0 radical (unpaired) electrons. The van der Waals surface area contributed by atoms with Crippen molar-refractivity contribution in [1.29, 1.82) is 0 Å². The van der Waals surface area contributed by atoms with E-state index in [1.54, 1.807) is 7.05 Å². The van der Waals surface area contributed by atoms with E-state index in [1.165, 1.54) is 4.31 Å². The topological polar surface area (TPSA) is 49.4 Å². The van der Waals surface area contributed by atoms with Crippen LogP contribution >= 0.6 is 0 Å². The molecule has 15 heavy (non-hydrogen) atoms. The van der Waals surface area contributed by atoms with Crippen LogP contribution in [0, 0.1) is 0 Å². The second-order valence-electron chi connectivity index (χ2n) is 4.52. The van der Waals surface area contributed by atoms with E-state index in [0.29, 0.717) is 6.54 Å². The lowest BCUT2D eigenvalue weighted by atomic mass is 10.0. The number of unbranched alkanes of at least 4 members (excludes halogenated alkanes) is 1. The summed E-state index contributed by atoms with van der Waals surface area (Å²) in [6.07, 6.45) is 2.66. The van der Waals surface area contributed by atoms with Crippen molar-refractivity contribution in [3.05, 3.63) is 0 Å². The largest absolute Gasteiger partial charge is 0.279 e. The van der Waals surface area contributed by atoms with Crippen LogP contribution in [-0.4, -0.2) is 31.9 Å². The summed E-state index contributed by atoms with van der Waals surface area (Å²) >= 11 is 0. The molecule has 0 aliphatic carbocycles. The summed E-state index contributed by atoms with van der Waals surface area (Å²) in [5, 5.41) is 0. The molecule has 0 aromatic carbocycles. The molecule has 1 N–H and O–H groups in total. The molecule has 0 rings (SSSR count). The average Bonchev–Trinajstić information content (AvgIpc) is 2.12. The first-order valence-corrected chi connectivity index (χ1v) is 6.94. The van der Waals surface area contributed by atoms with Gasteiger partial charge in [0.15, 0.2) is 0 Å². The number of nitrogens with one attached hydrogen (secondary N) is 1. The van der Waals surface area contributed by atoms with Crippen molar-refractivity contribution in [2.45, 2.75) is 52.5 Å². The predicted octanol–water partition coefficient (Wildman–Crippen LogP) is 1.74. The van der Waals surface area contributed by atoms with Crippen molar-refractivity contribution in [1.82, 2.24) is 9.03 Å². The zero-order chi connectivity index (χ0) is 12.1. The Hall–Kier alpha value is -0.130. The molecule has 0 spiro atoms. The number of rotatable bonds is 7. The monoisotopic (exact) mass is 236 g/mol. The second-order valence-corrected chi connectivity index (χ2v) is 6.30. The third kappa shape index (κ3) is 5.49. The Labute approximate surface area is 94.2 Å². The summed E-state index contributed by atoms with van der Waals surface area (Å²) in [6.45, 7) is 8.36. The van der Waals surface area contributed by atoms with Gasteiger partial charge in [0.25, 0.3) is 10.2 Å². The van der Waals surface area contributed by atoms with Crippen molar-refractivity contribution >= 4 is 10.2 Å². The molecule has 0 bridgehead atoms. The zero-order valence-electron chi connectivity index (χ0n) is 10.5. The fourth-order valence-electron chi connectivity index (χ4n) is 1.00. The van der Waals surface area contributed by atoms with E-state index in [9.17, 15) is 8.42 Å². The summed E-state index contributed by atoms with van der Waals surface area (Å²) < 4.78 is 27.7. The van der Waals surface area contributed by atoms with Gasteiger partial charge in [-0.3, -0.25) is 0 Å². The molecule has 0 atom stereocenters. The summed E-state index contributed by atoms with van der Waals surface area (Å²) in [7, 11) is -1.70. The summed E-state index contributed by atoms with van der Waals surface area (Å²) in [5.74, 6) is 0. The van der Waals surface area contributed by atoms with Gasteiger partial charge >= 0.3 is 0 Å². The lowest BCUT2D eigenvalue weighted by Crippen LogP contribution is -2.49. The lowest BCUT2D eigenvalue weighted by Gasteiger charge is -2.27. The summed E-state index contributed by atoms with van der Waals surface area (Å²) in [4.78, 5) is 0. The highest BCUT2D eigenvalue weighted by molar-refractivity contribution is 7.87. The normalized spacial score (nSPS) is 13.5. The van der Waals surface area contributed by atoms with Crippen LogP contribution in [0.2, 0.25) is 0 Å². The fraction of sp³-hybridized carbons (Fsp3) is 1.00. The first-order chi connectivity index (χ1) is 6.75. The predicted molar refractivity (Wildman–Crippen MR) is 64.0 cm³/mol. The van der Waals surface area contributed by atoms with Crippen LogP contribution in [0.5, 0.6) is 0 Å². The van der Waals surface area contributed by atoms with Gasteiger partial charge < -0.3 is 0 Å². The van der Waals surface area contributed by atoms with Crippen LogP contribution in [0.15, 0.2) is 0 Å². The maximum atomic E-state index is 11.8. The van der Waals surface area contributed by atoms with E-state index < -0.39 is 10.2 Å². The molecule has 0 fully saturated rings. The second kappa shape index (κ2) is 5.82. The Morgan fingerprint density at radius 3 is 2.20 bits per heavy atom. The lowest BCUT2D eigenvalue weighted by molar-refractivity contribution is 0.396. The van der Waals surface area contributed by atoms with Gasteiger partial charge in [0, 0.05) is 19.1 Å². The molecule has 92 valence electrons. The molecule has 0 aliphatic heterocycles. The van der Waals surface area contributed by atoms with Gasteiger partial charge in [0.1, 0.15) is 0 Å². The van der Waals surface area contributed by atoms with Crippen LogP contribution in [0.3, 0.4) is 0 Å². The minimum absolute atomic E-state index is 0.376.